The fraction of sp³-hybridized carbons (Fsp3) is 0.207. The Morgan fingerprint density at radius 3 is 2.32 bits per heavy atom. The smallest absolute Gasteiger partial charge is 0.144 e. The Kier molecular flexibility index (Phi) is 3.83. The molecule has 5 aromatic rings. The van der Waals surface area contributed by atoms with Crippen molar-refractivity contribution in [3.05, 3.63) is 102 Å². The van der Waals surface area contributed by atoms with Gasteiger partial charge in [-0.3, -0.25) is 4.98 Å². The van der Waals surface area contributed by atoms with Crippen molar-refractivity contribution in [1.82, 2.24) is 4.98 Å². The van der Waals surface area contributed by atoms with E-state index in [1.807, 2.05) is 69.3 Å². The van der Waals surface area contributed by atoms with Crippen molar-refractivity contribution in [3.8, 4) is 11.3 Å². The molecule has 0 saturated heterocycles. The summed E-state index contributed by atoms with van der Waals surface area (Å²) in [7, 11) is 0. The number of para-hydroxylation sites is 2. The summed E-state index contributed by atoms with van der Waals surface area (Å²) < 4.78 is 41.5. The van der Waals surface area contributed by atoms with Gasteiger partial charge >= 0.3 is 0 Å². The van der Waals surface area contributed by atoms with Gasteiger partial charge in [0.2, 0.25) is 0 Å². The molecule has 154 valence electrons. The van der Waals surface area contributed by atoms with Gasteiger partial charge in [0.15, 0.2) is 0 Å². The van der Waals surface area contributed by atoms with Gasteiger partial charge in [-0.2, -0.15) is 0 Å². The number of hydrogen-bond acceptors (Lipinski definition) is 2. The first-order valence-corrected chi connectivity index (χ1v) is 10.5. The van der Waals surface area contributed by atoms with Crippen LogP contribution in [0.15, 0.2) is 89.5 Å². The van der Waals surface area contributed by atoms with E-state index in [9.17, 15) is 0 Å². The average molecular weight is 410 g/mol. The molecule has 31 heavy (non-hydrogen) atoms. The largest absolute Gasteiger partial charge is 0.455 e. The second-order valence-corrected chi connectivity index (χ2v) is 8.76. The maximum absolute atomic E-state index is 8.89. The highest BCUT2D eigenvalue weighted by Crippen LogP contribution is 2.37. The lowest BCUT2D eigenvalue weighted by atomic mass is 9.88. The highest BCUT2D eigenvalue weighted by atomic mass is 16.3. The Labute approximate surface area is 189 Å². The molecule has 0 aliphatic rings. The highest BCUT2D eigenvalue weighted by Gasteiger charge is 2.17. The zero-order valence-electron chi connectivity index (χ0n) is 21.9. The van der Waals surface area contributed by atoms with E-state index in [1.165, 1.54) is 0 Å². The third-order valence-corrected chi connectivity index (χ3v) is 5.13. The number of fused-ring (bicyclic) bond motifs is 3. The third kappa shape index (κ3) is 3.98. The van der Waals surface area contributed by atoms with Gasteiger partial charge in [0.05, 0.1) is 5.69 Å². The minimum atomic E-state index is -1.74. The molecule has 2 nitrogen and oxygen atoms in total. The van der Waals surface area contributed by atoms with Crippen molar-refractivity contribution in [3.63, 3.8) is 0 Å². The Hall–Kier alpha value is -3.39. The molecule has 0 unspecified atom stereocenters. The number of pyridine rings is 1. The zero-order valence-corrected chi connectivity index (χ0v) is 17.9. The van der Waals surface area contributed by atoms with Crippen molar-refractivity contribution in [2.75, 3.05) is 0 Å². The molecule has 3 aromatic carbocycles. The Morgan fingerprint density at radius 1 is 0.806 bits per heavy atom. The number of furan rings is 1. The van der Waals surface area contributed by atoms with Crippen LogP contribution in [0.2, 0.25) is 0 Å². The quantitative estimate of drug-likeness (QED) is 0.302. The van der Waals surface area contributed by atoms with Gasteiger partial charge in [-0.1, -0.05) is 81.4 Å². The first kappa shape index (κ1) is 15.4. The standard InChI is InChI=1S/C29H27NO/c1-29(2,3)19-21-15-16-30-26(18-21)25-14-8-13-24-23-12-7-11-22(27(23)31-28(24)25)17-20-9-5-4-6-10-20/h4-16,18H,17,19H2,1-3H3/i17D2,19D2. The number of nitrogens with zero attached hydrogens (tertiary/aromatic N) is 1. The van der Waals surface area contributed by atoms with E-state index < -0.39 is 18.2 Å². The summed E-state index contributed by atoms with van der Waals surface area (Å²) >= 11 is 0. The first-order chi connectivity index (χ1) is 16.5. The van der Waals surface area contributed by atoms with Crippen LogP contribution < -0.4 is 0 Å². The molecule has 0 fully saturated rings. The van der Waals surface area contributed by atoms with E-state index >= 15 is 0 Å². The van der Waals surface area contributed by atoms with Gasteiger partial charge in [0.1, 0.15) is 11.2 Å². The van der Waals surface area contributed by atoms with Gasteiger partial charge in [0, 0.05) is 34.4 Å². The normalized spacial score (nSPS) is 14.8. The molecule has 5 rings (SSSR count). The summed E-state index contributed by atoms with van der Waals surface area (Å²) in [6, 6.07) is 24.0. The molecule has 2 aromatic heterocycles. The minimum absolute atomic E-state index is 0.467. The van der Waals surface area contributed by atoms with Gasteiger partial charge in [-0.05, 0) is 46.7 Å². The van der Waals surface area contributed by atoms with E-state index in [0.29, 0.717) is 33.6 Å². The van der Waals surface area contributed by atoms with Crippen LogP contribution in [0.4, 0.5) is 0 Å². The number of aromatic nitrogens is 1. The van der Waals surface area contributed by atoms with E-state index in [1.54, 1.807) is 36.5 Å². The van der Waals surface area contributed by atoms with Crippen molar-refractivity contribution in [2.45, 2.75) is 33.5 Å². The van der Waals surface area contributed by atoms with Crippen LogP contribution in [-0.4, -0.2) is 4.98 Å². The highest BCUT2D eigenvalue weighted by molar-refractivity contribution is 6.10. The maximum atomic E-state index is 8.89. The van der Waals surface area contributed by atoms with Crippen LogP contribution in [-0.2, 0) is 12.7 Å². The molecule has 0 aliphatic carbocycles. The lowest BCUT2D eigenvalue weighted by Crippen LogP contribution is -2.09. The van der Waals surface area contributed by atoms with Crippen molar-refractivity contribution >= 4 is 21.9 Å². The molecule has 0 saturated carbocycles. The molecule has 0 bridgehead atoms. The topological polar surface area (TPSA) is 26.0 Å². The molecule has 0 spiro atoms. The van der Waals surface area contributed by atoms with Crippen LogP contribution in [0.1, 0.15) is 42.9 Å². The van der Waals surface area contributed by atoms with E-state index in [-0.39, 0.29) is 0 Å². The van der Waals surface area contributed by atoms with E-state index in [0.717, 1.165) is 16.3 Å². The number of benzene rings is 3. The number of rotatable bonds is 4. The fourth-order valence-corrected chi connectivity index (χ4v) is 3.89. The zero-order chi connectivity index (χ0) is 25.0. The minimum Gasteiger partial charge on any atom is -0.455 e. The van der Waals surface area contributed by atoms with Crippen LogP contribution >= 0.6 is 0 Å². The average Bonchev–Trinajstić information content (AvgIpc) is 3.23. The van der Waals surface area contributed by atoms with Gasteiger partial charge in [-0.15, -0.1) is 0 Å². The lowest BCUT2D eigenvalue weighted by molar-refractivity contribution is 0.411. The second kappa shape index (κ2) is 7.70. The second-order valence-electron chi connectivity index (χ2n) is 8.76. The summed E-state index contributed by atoms with van der Waals surface area (Å²) in [5.41, 5.74) is 3.48. The lowest BCUT2D eigenvalue weighted by Gasteiger charge is -2.18. The Balaban J connectivity index is 1.72. The first-order valence-electron chi connectivity index (χ1n) is 12.5. The summed E-state index contributed by atoms with van der Waals surface area (Å²) in [6.07, 6.45) is -1.66. The summed E-state index contributed by atoms with van der Waals surface area (Å²) in [6.45, 7) is 5.65. The molecule has 0 radical (unpaired) electrons. The summed E-state index contributed by atoms with van der Waals surface area (Å²) in [5, 5.41) is 1.70. The van der Waals surface area contributed by atoms with Crippen molar-refractivity contribution in [2.24, 2.45) is 5.41 Å². The molecular weight excluding hydrogens is 378 g/mol. The van der Waals surface area contributed by atoms with Crippen LogP contribution in [0.5, 0.6) is 0 Å². The monoisotopic (exact) mass is 409 g/mol. The molecule has 2 heteroatoms. The molecular formula is C29H27NO. The SMILES string of the molecule is [2H]C([2H])(c1ccccc1)c1cccc2c1oc1c(-c3cc(C([2H])([2H])C(C)(C)C)ccn3)cccc12. The molecule has 0 N–H and O–H groups in total. The Morgan fingerprint density at radius 2 is 1.55 bits per heavy atom. The van der Waals surface area contributed by atoms with Gasteiger partial charge in [0.25, 0.3) is 0 Å². The third-order valence-electron chi connectivity index (χ3n) is 5.13. The molecule has 0 atom stereocenters. The Bertz CT molecular complexity index is 1530. The van der Waals surface area contributed by atoms with Crippen molar-refractivity contribution in [1.29, 1.82) is 0 Å². The maximum Gasteiger partial charge on any atom is 0.144 e. The van der Waals surface area contributed by atoms with Crippen LogP contribution in [0.3, 0.4) is 0 Å². The van der Waals surface area contributed by atoms with Gasteiger partial charge < -0.3 is 4.42 Å². The van der Waals surface area contributed by atoms with Crippen LogP contribution in [0, 0.1) is 5.41 Å². The fourth-order valence-electron chi connectivity index (χ4n) is 3.89. The van der Waals surface area contributed by atoms with E-state index in [2.05, 4.69) is 4.98 Å². The van der Waals surface area contributed by atoms with Gasteiger partial charge in [-0.25, -0.2) is 0 Å². The van der Waals surface area contributed by atoms with Crippen LogP contribution in [0.25, 0.3) is 33.2 Å². The molecule has 0 aliphatic heterocycles. The summed E-state index contributed by atoms with van der Waals surface area (Å²) in [4.78, 5) is 4.54. The molecule has 0 amide bonds. The van der Waals surface area contributed by atoms with E-state index in [4.69, 9.17) is 9.90 Å². The van der Waals surface area contributed by atoms with Crippen molar-refractivity contribution < 1.29 is 9.90 Å². The number of hydrogen-bond donors (Lipinski definition) is 0. The molecule has 2 heterocycles. The predicted octanol–water partition coefficient (Wildman–Crippen LogP) is 7.83. The predicted molar refractivity (Wildman–Crippen MR) is 129 cm³/mol. The summed E-state index contributed by atoms with van der Waals surface area (Å²) in [5.74, 6) is 0.